The van der Waals surface area contributed by atoms with Crippen LogP contribution in [0.2, 0.25) is 0 Å². The van der Waals surface area contributed by atoms with Crippen LogP contribution >= 0.6 is 0 Å². The molecule has 0 saturated carbocycles. The summed E-state index contributed by atoms with van der Waals surface area (Å²) in [7, 11) is 0. The normalized spacial score (nSPS) is 14.4. The van der Waals surface area contributed by atoms with Gasteiger partial charge in [0.1, 0.15) is 5.75 Å². The van der Waals surface area contributed by atoms with Crippen molar-refractivity contribution in [1.29, 1.82) is 0 Å². The van der Waals surface area contributed by atoms with Crippen molar-refractivity contribution in [1.82, 2.24) is 4.90 Å². The monoisotopic (exact) mass is 338 g/mol. The fraction of sp³-hybridized carbons (Fsp3) is 0.300. The highest BCUT2D eigenvalue weighted by Crippen LogP contribution is 2.20. The highest BCUT2D eigenvalue weighted by molar-refractivity contribution is 5.97. The summed E-state index contributed by atoms with van der Waals surface area (Å²) in [5, 5.41) is 9.36. The van der Waals surface area contributed by atoms with Crippen LogP contribution in [0.25, 0.3) is 0 Å². The van der Waals surface area contributed by atoms with Gasteiger partial charge < -0.3 is 14.9 Å². The van der Waals surface area contributed by atoms with Crippen LogP contribution in [0.1, 0.15) is 23.2 Å². The zero-order valence-electron chi connectivity index (χ0n) is 14.1. The van der Waals surface area contributed by atoms with Crippen molar-refractivity contribution >= 4 is 17.4 Å². The standard InChI is InChI=1S/C20H22N2O3/c23-18-8-6-17(7-9-18)21-12-14-22(15-13-21)20(25)11-10-19(24)16-4-2-1-3-5-16/h1-9,23H,10-15H2. The minimum Gasteiger partial charge on any atom is -0.508 e. The van der Waals surface area contributed by atoms with Gasteiger partial charge in [0.2, 0.25) is 5.91 Å². The average Bonchev–Trinajstić information content (AvgIpc) is 2.67. The molecule has 1 heterocycles. The Balaban J connectivity index is 1.47. The lowest BCUT2D eigenvalue weighted by molar-refractivity contribution is -0.131. The summed E-state index contributed by atoms with van der Waals surface area (Å²) < 4.78 is 0. The third-order valence-corrected chi connectivity index (χ3v) is 4.51. The van der Waals surface area contributed by atoms with Crippen molar-refractivity contribution in [2.75, 3.05) is 31.1 Å². The third kappa shape index (κ3) is 4.38. The van der Waals surface area contributed by atoms with E-state index >= 15 is 0 Å². The zero-order chi connectivity index (χ0) is 17.6. The van der Waals surface area contributed by atoms with Gasteiger partial charge in [0.25, 0.3) is 0 Å². The number of carbonyl (C=O) groups excluding carboxylic acids is 2. The number of hydrogen-bond donors (Lipinski definition) is 1. The number of anilines is 1. The molecule has 3 rings (SSSR count). The second-order valence-electron chi connectivity index (χ2n) is 6.17. The Bertz CT molecular complexity index is 720. The van der Waals surface area contributed by atoms with Crippen molar-refractivity contribution in [2.24, 2.45) is 0 Å². The van der Waals surface area contributed by atoms with Gasteiger partial charge in [-0.3, -0.25) is 9.59 Å². The molecule has 0 spiro atoms. The molecule has 5 nitrogen and oxygen atoms in total. The smallest absolute Gasteiger partial charge is 0.223 e. The molecule has 0 bridgehead atoms. The molecule has 1 amide bonds. The van der Waals surface area contributed by atoms with Crippen molar-refractivity contribution in [3.63, 3.8) is 0 Å². The Morgan fingerprint density at radius 3 is 2.12 bits per heavy atom. The number of phenols is 1. The Morgan fingerprint density at radius 2 is 1.48 bits per heavy atom. The maximum absolute atomic E-state index is 12.3. The summed E-state index contributed by atoms with van der Waals surface area (Å²) in [5.41, 5.74) is 1.71. The van der Waals surface area contributed by atoms with Crippen molar-refractivity contribution < 1.29 is 14.7 Å². The molecule has 0 aromatic heterocycles. The molecule has 25 heavy (non-hydrogen) atoms. The van der Waals surface area contributed by atoms with Gasteiger partial charge in [-0.25, -0.2) is 0 Å². The molecule has 2 aromatic carbocycles. The van der Waals surface area contributed by atoms with Gasteiger partial charge in [0, 0.05) is 50.3 Å². The quantitative estimate of drug-likeness (QED) is 0.852. The number of hydrogen-bond acceptors (Lipinski definition) is 4. The Labute approximate surface area is 147 Å². The van der Waals surface area contributed by atoms with Crippen LogP contribution in [0.5, 0.6) is 5.75 Å². The summed E-state index contributed by atoms with van der Waals surface area (Å²) >= 11 is 0. The number of phenolic OH excluding ortho intramolecular Hbond substituents is 1. The van der Waals surface area contributed by atoms with Crippen LogP contribution < -0.4 is 4.90 Å². The van der Waals surface area contributed by atoms with E-state index in [0.29, 0.717) is 18.7 Å². The van der Waals surface area contributed by atoms with E-state index in [1.54, 1.807) is 24.3 Å². The Kier molecular flexibility index (Phi) is 5.33. The second kappa shape index (κ2) is 7.83. The minimum atomic E-state index is 0.0108. The van der Waals surface area contributed by atoms with E-state index in [0.717, 1.165) is 18.8 Å². The maximum atomic E-state index is 12.3. The molecule has 130 valence electrons. The van der Waals surface area contributed by atoms with Crippen LogP contribution in [-0.4, -0.2) is 47.9 Å². The van der Waals surface area contributed by atoms with Gasteiger partial charge >= 0.3 is 0 Å². The van der Waals surface area contributed by atoms with Crippen LogP contribution in [0.4, 0.5) is 5.69 Å². The first-order valence-electron chi connectivity index (χ1n) is 8.53. The van der Waals surface area contributed by atoms with Gasteiger partial charge in [-0.15, -0.1) is 0 Å². The molecule has 5 heteroatoms. The van der Waals surface area contributed by atoms with Crippen LogP contribution in [-0.2, 0) is 4.79 Å². The van der Waals surface area contributed by atoms with Gasteiger partial charge in [-0.2, -0.15) is 0 Å². The van der Waals surface area contributed by atoms with E-state index in [4.69, 9.17) is 0 Å². The number of rotatable bonds is 5. The Hall–Kier alpha value is -2.82. The summed E-state index contributed by atoms with van der Waals surface area (Å²) in [4.78, 5) is 28.5. The van der Waals surface area contributed by atoms with Crippen molar-refractivity contribution in [2.45, 2.75) is 12.8 Å². The number of carbonyl (C=O) groups is 2. The van der Waals surface area contributed by atoms with E-state index in [2.05, 4.69) is 4.90 Å². The summed E-state index contributed by atoms with van der Waals surface area (Å²) in [6, 6.07) is 16.2. The fourth-order valence-electron chi connectivity index (χ4n) is 3.02. The summed E-state index contributed by atoms with van der Waals surface area (Å²) in [6.45, 7) is 2.81. The van der Waals surface area contributed by atoms with E-state index in [1.165, 1.54) is 0 Å². The SMILES string of the molecule is O=C(CCC(=O)N1CCN(c2ccc(O)cc2)CC1)c1ccccc1. The van der Waals surface area contributed by atoms with Gasteiger partial charge in [0.05, 0.1) is 0 Å². The lowest BCUT2D eigenvalue weighted by Gasteiger charge is -2.36. The fourth-order valence-corrected chi connectivity index (χ4v) is 3.02. The molecule has 1 N–H and O–H groups in total. The first-order valence-corrected chi connectivity index (χ1v) is 8.53. The van der Waals surface area contributed by atoms with Gasteiger partial charge in [-0.1, -0.05) is 30.3 Å². The molecule has 1 saturated heterocycles. The van der Waals surface area contributed by atoms with Crippen LogP contribution in [0, 0.1) is 0 Å². The number of nitrogens with zero attached hydrogens (tertiary/aromatic N) is 2. The summed E-state index contributed by atoms with van der Waals surface area (Å²) in [5.74, 6) is 0.298. The van der Waals surface area contributed by atoms with Gasteiger partial charge in [-0.05, 0) is 24.3 Å². The molecular weight excluding hydrogens is 316 g/mol. The molecule has 2 aromatic rings. The third-order valence-electron chi connectivity index (χ3n) is 4.51. The molecule has 0 radical (unpaired) electrons. The van der Waals surface area contributed by atoms with Crippen LogP contribution in [0.3, 0.4) is 0 Å². The minimum absolute atomic E-state index is 0.0108. The van der Waals surface area contributed by atoms with E-state index in [-0.39, 0.29) is 30.3 Å². The predicted octanol–water partition coefficient (Wildman–Crippen LogP) is 2.70. The van der Waals surface area contributed by atoms with E-state index in [9.17, 15) is 14.7 Å². The average molecular weight is 338 g/mol. The number of ketones is 1. The molecule has 1 aliphatic rings. The molecular formula is C20H22N2O3. The number of piperazine rings is 1. The first kappa shape index (κ1) is 17.0. The van der Waals surface area contributed by atoms with E-state index in [1.807, 2.05) is 35.2 Å². The predicted molar refractivity (Wildman–Crippen MR) is 96.9 cm³/mol. The van der Waals surface area contributed by atoms with E-state index < -0.39 is 0 Å². The highest BCUT2D eigenvalue weighted by Gasteiger charge is 2.21. The van der Waals surface area contributed by atoms with Gasteiger partial charge in [0.15, 0.2) is 5.78 Å². The lowest BCUT2D eigenvalue weighted by Crippen LogP contribution is -2.48. The number of benzene rings is 2. The highest BCUT2D eigenvalue weighted by atomic mass is 16.3. The maximum Gasteiger partial charge on any atom is 0.223 e. The molecule has 1 aliphatic heterocycles. The molecule has 1 fully saturated rings. The topological polar surface area (TPSA) is 60.9 Å². The number of amides is 1. The molecule has 0 aliphatic carbocycles. The number of aromatic hydroxyl groups is 1. The van der Waals surface area contributed by atoms with Crippen LogP contribution in [0.15, 0.2) is 54.6 Å². The lowest BCUT2D eigenvalue weighted by atomic mass is 10.1. The van der Waals surface area contributed by atoms with Crippen molar-refractivity contribution in [3.05, 3.63) is 60.2 Å². The first-order chi connectivity index (χ1) is 12.1. The number of Topliss-reactive ketones (excluding diaryl/α,β-unsaturated/α-hetero) is 1. The molecule has 0 atom stereocenters. The zero-order valence-corrected chi connectivity index (χ0v) is 14.1. The summed E-state index contributed by atoms with van der Waals surface area (Å²) in [6.07, 6.45) is 0.508. The van der Waals surface area contributed by atoms with Crippen molar-refractivity contribution in [3.8, 4) is 5.75 Å². The Morgan fingerprint density at radius 1 is 0.840 bits per heavy atom. The largest absolute Gasteiger partial charge is 0.508 e. The second-order valence-corrected chi connectivity index (χ2v) is 6.17. The molecule has 0 unspecified atom stereocenters.